The molecule has 8 heavy (non-hydrogen) atoms. The van der Waals surface area contributed by atoms with Gasteiger partial charge in [0.2, 0.25) is 0 Å². The smallest absolute Gasteiger partial charge is 0.0823 e. The lowest BCUT2D eigenvalue weighted by Gasteiger charge is -2.34. The molecular weight excluding hydrogens is 124 g/mol. The van der Waals surface area contributed by atoms with Crippen molar-refractivity contribution >= 4 is 11.6 Å². The van der Waals surface area contributed by atoms with Crippen LogP contribution in [-0.2, 0) is 0 Å². The average molecular weight is 131 g/mol. The van der Waals surface area contributed by atoms with E-state index < -0.39 is 0 Å². The highest BCUT2D eigenvalue weighted by molar-refractivity contribution is 6.25. The lowest BCUT2D eigenvalue weighted by atomic mass is 9.99. The van der Waals surface area contributed by atoms with Gasteiger partial charge in [0.25, 0.3) is 0 Å². The van der Waals surface area contributed by atoms with Crippen LogP contribution in [0.15, 0.2) is 0 Å². The van der Waals surface area contributed by atoms with E-state index in [9.17, 15) is 0 Å². The zero-order chi connectivity index (χ0) is 6.04. The standard InChI is InChI=1S/C5H7ClN2/c6-5(1-2-7)3-8-4-5/h8H,1,3-4H2. The molecule has 0 aromatic heterocycles. The summed E-state index contributed by atoms with van der Waals surface area (Å²) in [7, 11) is 0. The molecule has 3 heteroatoms. The van der Waals surface area contributed by atoms with Gasteiger partial charge < -0.3 is 5.32 Å². The van der Waals surface area contributed by atoms with Crippen molar-refractivity contribution < 1.29 is 0 Å². The average Bonchev–Trinajstić information content (AvgIpc) is 1.64. The second-order valence-electron chi connectivity index (χ2n) is 2.09. The Balaban J connectivity index is 2.33. The first kappa shape index (κ1) is 5.87. The lowest BCUT2D eigenvalue weighted by molar-refractivity contribution is 0.389. The van der Waals surface area contributed by atoms with Gasteiger partial charge in [0.1, 0.15) is 0 Å². The molecule has 2 nitrogen and oxygen atoms in total. The Morgan fingerprint density at radius 1 is 1.75 bits per heavy atom. The molecule has 0 aromatic carbocycles. The normalized spacial score (nSPS) is 23.5. The molecule has 0 aromatic rings. The fraction of sp³-hybridized carbons (Fsp3) is 0.800. The molecule has 1 heterocycles. The Labute approximate surface area is 53.4 Å². The van der Waals surface area contributed by atoms with Crippen LogP contribution >= 0.6 is 11.6 Å². The maximum Gasteiger partial charge on any atom is 0.0823 e. The van der Waals surface area contributed by atoms with Crippen molar-refractivity contribution in [1.29, 1.82) is 5.26 Å². The SMILES string of the molecule is N#CCC1(Cl)CNC1. The second kappa shape index (κ2) is 1.93. The molecule has 1 N–H and O–H groups in total. The summed E-state index contributed by atoms with van der Waals surface area (Å²) < 4.78 is 0. The number of nitriles is 1. The Bertz CT molecular complexity index is 123. The topological polar surface area (TPSA) is 35.8 Å². The maximum atomic E-state index is 8.20. The molecule has 1 rings (SSSR count). The molecule has 0 atom stereocenters. The predicted molar refractivity (Wildman–Crippen MR) is 31.7 cm³/mol. The van der Waals surface area contributed by atoms with Crippen LogP contribution in [-0.4, -0.2) is 18.0 Å². The molecule has 1 saturated heterocycles. The van der Waals surface area contributed by atoms with E-state index in [0.29, 0.717) is 6.42 Å². The van der Waals surface area contributed by atoms with Gasteiger partial charge >= 0.3 is 0 Å². The maximum absolute atomic E-state index is 8.20. The van der Waals surface area contributed by atoms with Gasteiger partial charge in [0, 0.05) is 13.1 Å². The molecule has 1 aliphatic heterocycles. The van der Waals surface area contributed by atoms with Gasteiger partial charge in [-0.3, -0.25) is 0 Å². The van der Waals surface area contributed by atoms with Gasteiger partial charge in [-0.1, -0.05) is 0 Å². The van der Waals surface area contributed by atoms with Crippen molar-refractivity contribution in [2.45, 2.75) is 11.3 Å². The van der Waals surface area contributed by atoms with Gasteiger partial charge in [-0.05, 0) is 0 Å². The van der Waals surface area contributed by atoms with Crippen LogP contribution in [0, 0.1) is 11.3 Å². The number of hydrogen-bond acceptors (Lipinski definition) is 2. The van der Waals surface area contributed by atoms with Crippen LogP contribution in [0.25, 0.3) is 0 Å². The second-order valence-corrected chi connectivity index (χ2v) is 2.89. The highest BCUT2D eigenvalue weighted by atomic mass is 35.5. The van der Waals surface area contributed by atoms with E-state index in [1.165, 1.54) is 0 Å². The summed E-state index contributed by atoms with van der Waals surface area (Å²) >= 11 is 5.82. The van der Waals surface area contributed by atoms with Gasteiger partial charge in [-0.2, -0.15) is 5.26 Å². The van der Waals surface area contributed by atoms with E-state index in [2.05, 4.69) is 5.32 Å². The summed E-state index contributed by atoms with van der Waals surface area (Å²) in [5, 5.41) is 11.2. The summed E-state index contributed by atoms with van der Waals surface area (Å²) in [4.78, 5) is -0.227. The highest BCUT2D eigenvalue weighted by Gasteiger charge is 2.33. The summed E-state index contributed by atoms with van der Waals surface area (Å²) in [6.07, 6.45) is 0.460. The largest absolute Gasteiger partial charge is 0.313 e. The van der Waals surface area contributed by atoms with Crippen LogP contribution in [0.2, 0.25) is 0 Å². The van der Waals surface area contributed by atoms with Crippen LogP contribution < -0.4 is 5.32 Å². The third kappa shape index (κ3) is 0.936. The zero-order valence-corrected chi connectivity index (χ0v) is 5.20. The van der Waals surface area contributed by atoms with Gasteiger partial charge in [-0.15, -0.1) is 11.6 Å². The van der Waals surface area contributed by atoms with E-state index >= 15 is 0 Å². The number of hydrogen-bond donors (Lipinski definition) is 1. The minimum absolute atomic E-state index is 0.227. The summed E-state index contributed by atoms with van der Waals surface area (Å²) in [6, 6.07) is 2.04. The first-order valence-corrected chi connectivity index (χ1v) is 2.91. The minimum atomic E-state index is -0.227. The minimum Gasteiger partial charge on any atom is -0.313 e. The Hall–Kier alpha value is -0.260. The highest BCUT2D eigenvalue weighted by Crippen LogP contribution is 2.23. The number of nitrogens with one attached hydrogen (secondary N) is 1. The first-order valence-electron chi connectivity index (χ1n) is 2.53. The third-order valence-corrected chi connectivity index (χ3v) is 1.68. The monoisotopic (exact) mass is 130 g/mol. The fourth-order valence-corrected chi connectivity index (χ4v) is 0.912. The quantitative estimate of drug-likeness (QED) is 0.524. The van der Waals surface area contributed by atoms with Crippen molar-refractivity contribution in [1.82, 2.24) is 5.32 Å². The molecule has 0 spiro atoms. The number of rotatable bonds is 1. The molecule has 0 bridgehead atoms. The Morgan fingerprint density at radius 3 is 2.50 bits per heavy atom. The molecule has 0 radical (unpaired) electrons. The summed E-state index contributed by atoms with van der Waals surface area (Å²) in [5.74, 6) is 0. The van der Waals surface area contributed by atoms with Crippen LogP contribution in [0.1, 0.15) is 6.42 Å². The number of alkyl halides is 1. The van der Waals surface area contributed by atoms with Gasteiger partial charge in [0.05, 0.1) is 17.4 Å². The number of nitrogens with zero attached hydrogens (tertiary/aromatic N) is 1. The van der Waals surface area contributed by atoms with Crippen molar-refractivity contribution in [3.63, 3.8) is 0 Å². The number of halogens is 1. The van der Waals surface area contributed by atoms with Gasteiger partial charge in [-0.25, -0.2) is 0 Å². The first-order chi connectivity index (χ1) is 3.77. The summed E-state index contributed by atoms with van der Waals surface area (Å²) in [5.41, 5.74) is 0. The van der Waals surface area contributed by atoms with Crippen molar-refractivity contribution in [2.75, 3.05) is 13.1 Å². The molecule has 44 valence electrons. The van der Waals surface area contributed by atoms with Crippen molar-refractivity contribution in [2.24, 2.45) is 0 Å². The molecule has 0 amide bonds. The molecule has 0 saturated carbocycles. The van der Waals surface area contributed by atoms with Crippen LogP contribution in [0.4, 0.5) is 0 Å². The predicted octanol–water partition coefficient (Wildman–Crippen LogP) is 0.481. The van der Waals surface area contributed by atoms with E-state index in [1.807, 2.05) is 6.07 Å². The zero-order valence-electron chi connectivity index (χ0n) is 4.45. The Kier molecular flexibility index (Phi) is 1.41. The molecule has 0 aliphatic carbocycles. The van der Waals surface area contributed by atoms with Gasteiger partial charge in [0.15, 0.2) is 0 Å². The Morgan fingerprint density at radius 2 is 2.38 bits per heavy atom. The van der Waals surface area contributed by atoms with E-state index in [0.717, 1.165) is 13.1 Å². The van der Waals surface area contributed by atoms with E-state index in [1.54, 1.807) is 0 Å². The summed E-state index contributed by atoms with van der Waals surface area (Å²) in [6.45, 7) is 1.56. The molecule has 1 fully saturated rings. The third-order valence-electron chi connectivity index (χ3n) is 1.28. The van der Waals surface area contributed by atoms with E-state index in [-0.39, 0.29) is 4.87 Å². The molecule has 0 unspecified atom stereocenters. The fourth-order valence-electron chi connectivity index (χ4n) is 0.663. The molecule has 1 aliphatic rings. The van der Waals surface area contributed by atoms with Crippen molar-refractivity contribution in [3.05, 3.63) is 0 Å². The van der Waals surface area contributed by atoms with Crippen LogP contribution in [0.5, 0.6) is 0 Å². The van der Waals surface area contributed by atoms with Crippen LogP contribution in [0.3, 0.4) is 0 Å². The lowest BCUT2D eigenvalue weighted by Crippen LogP contribution is -2.55. The van der Waals surface area contributed by atoms with E-state index in [4.69, 9.17) is 16.9 Å². The van der Waals surface area contributed by atoms with Crippen molar-refractivity contribution in [3.8, 4) is 6.07 Å². The molecular formula is C5H7ClN2.